The minimum atomic E-state index is -0.678. The molecular weight excluding hydrogens is 213 g/mol. The number of carbonyl (C=O) groups is 1. The first-order valence-electron chi connectivity index (χ1n) is 2.94. The van der Waals surface area contributed by atoms with Gasteiger partial charge < -0.3 is 0 Å². The average Bonchev–Trinajstić information content (AvgIpc) is 2.04. The van der Waals surface area contributed by atoms with Crippen molar-refractivity contribution in [1.29, 1.82) is 0 Å². The number of pyridine rings is 1. The second-order valence-electron chi connectivity index (χ2n) is 1.91. The zero-order valence-electron chi connectivity index (χ0n) is 5.55. The molecule has 0 N–H and O–H groups in total. The van der Waals surface area contributed by atoms with Gasteiger partial charge in [0.1, 0.15) is 12.4 Å². The maximum absolute atomic E-state index is 12.2. The number of aromatic nitrogens is 1. The molecule has 0 radical (unpaired) electrons. The first-order chi connectivity index (χ1) is 5.29. The van der Waals surface area contributed by atoms with Gasteiger partial charge in [0.05, 0.1) is 0 Å². The van der Waals surface area contributed by atoms with E-state index in [1.165, 1.54) is 6.20 Å². The van der Waals surface area contributed by atoms with Gasteiger partial charge in [0, 0.05) is 16.2 Å². The molecule has 2 nitrogen and oxygen atoms in total. The smallest absolute Gasteiger partial charge is 0.168 e. The second-order valence-corrected chi connectivity index (χ2v) is 2.76. The van der Waals surface area contributed by atoms with Crippen molar-refractivity contribution in [3.8, 4) is 0 Å². The van der Waals surface area contributed by atoms with Crippen molar-refractivity contribution >= 4 is 22.2 Å². The van der Waals surface area contributed by atoms with Crippen LogP contribution in [0.15, 0.2) is 16.7 Å². The third-order valence-corrected chi connectivity index (χ3v) is 2.02. The van der Waals surface area contributed by atoms with Crippen LogP contribution in [0, 0.1) is 0 Å². The molecule has 0 amide bonds. The highest BCUT2D eigenvalue weighted by Crippen LogP contribution is 2.18. The first-order valence-corrected chi connectivity index (χ1v) is 3.73. The van der Waals surface area contributed by atoms with E-state index in [-0.39, 0.29) is 5.69 Å². The van der Waals surface area contributed by atoms with Crippen molar-refractivity contribution in [2.75, 3.05) is 0 Å². The topological polar surface area (TPSA) is 30.0 Å². The predicted octanol–water partition coefficient (Wildman–Crippen LogP) is 2.13. The highest BCUT2D eigenvalue weighted by Gasteiger charge is 2.05. The summed E-state index contributed by atoms with van der Waals surface area (Å²) in [6, 6.07) is 1.60. The molecule has 0 bridgehead atoms. The van der Waals surface area contributed by atoms with Crippen LogP contribution in [0.4, 0.5) is 4.39 Å². The van der Waals surface area contributed by atoms with Crippen LogP contribution >= 0.6 is 15.9 Å². The summed E-state index contributed by atoms with van der Waals surface area (Å²) in [4.78, 5) is 14.0. The number of rotatable bonds is 2. The van der Waals surface area contributed by atoms with E-state index in [0.29, 0.717) is 16.3 Å². The monoisotopic (exact) mass is 217 g/mol. The fourth-order valence-corrected chi connectivity index (χ4v) is 1.15. The van der Waals surface area contributed by atoms with Crippen molar-refractivity contribution in [3.63, 3.8) is 0 Å². The SMILES string of the molecule is O=Cc1nccc(Br)c1CF. The molecule has 58 valence electrons. The van der Waals surface area contributed by atoms with E-state index in [4.69, 9.17) is 0 Å². The maximum atomic E-state index is 12.2. The summed E-state index contributed by atoms with van der Waals surface area (Å²) >= 11 is 3.11. The highest BCUT2D eigenvalue weighted by atomic mass is 79.9. The van der Waals surface area contributed by atoms with E-state index in [1.54, 1.807) is 6.07 Å². The minimum Gasteiger partial charge on any atom is -0.296 e. The first kappa shape index (κ1) is 8.33. The number of alkyl halides is 1. The standard InChI is InChI=1S/C7H5BrFNO/c8-6-1-2-10-7(4-11)5(6)3-9/h1-2,4H,3H2. The number of hydrogen-bond donors (Lipinski definition) is 0. The quantitative estimate of drug-likeness (QED) is 0.711. The third kappa shape index (κ3) is 1.63. The largest absolute Gasteiger partial charge is 0.296 e. The van der Waals surface area contributed by atoms with Crippen LogP contribution in [-0.4, -0.2) is 11.3 Å². The lowest BCUT2D eigenvalue weighted by Crippen LogP contribution is -1.94. The number of nitrogens with zero attached hydrogens (tertiary/aromatic N) is 1. The molecule has 4 heteroatoms. The maximum Gasteiger partial charge on any atom is 0.168 e. The lowest BCUT2D eigenvalue weighted by atomic mass is 10.2. The molecule has 0 spiro atoms. The van der Waals surface area contributed by atoms with Gasteiger partial charge in [-0.3, -0.25) is 9.78 Å². The Morgan fingerprint density at radius 3 is 2.91 bits per heavy atom. The van der Waals surface area contributed by atoms with Crippen LogP contribution in [0.25, 0.3) is 0 Å². The van der Waals surface area contributed by atoms with Gasteiger partial charge in [-0.25, -0.2) is 4.39 Å². The molecular formula is C7H5BrFNO. The fraction of sp³-hybridized carbons (Fsp3) is 0.143. The van der Waals surface area contributed by atoms with Gasteiger partial charge in [0.2, 0.25) is 0 Å². The summed E-state index contributed by atoms with van der Waals surface area (Å²) < 4.78 is 12.8. The van der Waals surface area contributed by atoms with E-state index in [0.717, 1.165) is 0 Å². The molecule has 0 unspecified atom stereocenters. The summed E-state index contributed by atoms with van der Waals surface area (Å²) in [7, 11) is 0. The van der Waals surface area contributed by atoms with Crippen molar-refractivity contribution < 1.29 is 9.18 Å². The van der Waals surface area contributed by atoms with Crippen molar-refractivity contribution in [2.45, 2.75) is 6.67 Å². The van der Waals surface area contributed by atoms with Gasteiger partial charge in [-0.15, -0.1) is 0 Å². The summed E-state index contributed by atoms with van der Waals surface area (Å²) in [6.45, 7) is -0.678. The Morgan fingerprint density at radius 2 is 2.45 bits per heavy atom. The molecule has 1 heterocycles. The average molecular weight is 218 g/mol. The third-order valence-electron chi connectivity index (χ3n) is 1.28. The van der Waals surface area contributed by atoms with E-state index in [1.807, 2.05) is 0 Å². The van der Waals surface area contributed by atoms with Crippen molar-refractivity contribution in [1.82, 2.24) is 4.98 Å². The Hall–Kier alpha value is -0.770. The number of hydrogen-bond acceptors (Lipinski definition) is 2. The molecule has 11 heavy (non-hydrogen) atoms. The molecule has 0 saturated carbocycles. The van der Waals surface area contributed by atoms with Crippen LogP contribution in [0.1, 0.15) is 16.1 Å². The normalized spacial score (nSPS) is 9.64. The van der Waals surface area contributed by atoms with Gasteiger partial charge in [0.15, 0.2) is 6.29 Å². The molecule has 1 aromatic rings. The molecule has 0 aromatic carbocycles. The Morgan fingerprint density at radius 1 is 1.73 bits per heavy atom. The molecule has 0 atom stereocenters. The van der Waals surface area contributed by atoms with Crippen LogP contribution in [0.2, 0.25) is 0 Å². The van der Waals surface area contributed by atoms with E-state index >= 15 is 0 Å². The molecule has 1 rings (SSSR count). The number of carbonyl (C=O) groups excluding carboxylic acids is 1. The van der Waals surface area contributed by atoms with E-state index in [2.05, 4.69) is 20.9 Å². The number of halogens is 2. The lowest BCUT2D eigenvalue weighted by Gasteiger charge is -1.99. The summed E-state index contributed by atoms with van der Waals surface area (Å²) in [5, 5.41) is 0. The number of aldehydes is 1. The van der Waals surface area contributed by atoms with E-state index < -0.39 is 6.67 Å². The lowest BCUT2D eigenvalue weighted by molar-refractivity contribution is 0.111. The minimum absolute atomic E-state index is 0.155. The summed E-state index contributed by atoms with van der Waals surface area (Å²) in [5.74, 6) is 0. The molecule has 0 aliphatic carbocycles. The molecule has 0 aliphatic heterocycles. The van der Waals surface area contributed by atoms with Gasteiger partial charge >= 0.3 is 0 Å². The molecule has 0 saturated heterocycles. The van der Waals surface area contributed by atoms with Gasteiger partial charge in [-0.2, -0.15) is 0 Å². The van der Waals surface area contributed by atoms with Crippen LogP contribution < -0.4 is 0 Å². The molecule has 0 fully saturated rings. The van der Waals surface area contributed by atoms with E-state index in [9.17, 15) is 9.18 Å². The summed E-state index contributed by atoms with van der Waals surface area (Å²) in [5.41, 5.74) is 0.462. The zero-order chi connectivity index (χ0) is 8.27. The van der Waals surface area contributed by atoms with Crippen molar-refractivity contribution in [2.24, 2.45) is 0 Å². The van der Waals surface area contributed by atoms with Crippen molar-refractivity contribution in [3.05, 3.63) is 28.0 Å². The zero-order valence-corrected chi connectivity index (χ0v) is 7.14. The summed E-state index contributed by atoms with van der Waals surface area (Å²) in [6.07, 6.45) is 1.99. The van der Waals surface area contributed by atoms with Gasteiger partial charge in [-0.1, -0.05) is 15.9 Å². The fourth-order valence-electron chi connectivity index (χ4n) is 0.718. The second kappa shape index (κ2) is 3.57. The Labute approximate surface area is 71.6 Å². The molecule has 1 aromatic heterocycles. The Kier molecular flexibility index (Phi) is 2.70. The predicted molar refractivity (Wildman–Crippen MR) is 42.1 cm³/mol. The van der Waals surface area contributed by atoms with Crippen LogP contribution in [0.5, 0.6) is 0 Å². The molecule has 0 aliphatic rings. The van der Waals surface area contributed by atoms with Gasteiger partial charge in [0.25, 0.3) is 0 Å². The Balaban J connectivity index is 3.23. The van der Waals surface area contributed by atoms with Crippen LogP contribution in [0.3, 0.4) is 0 Å². The Bertz CT molecular complexity index is 277. The highest BCUT2D eigenvalue weighted by molar-refractivity contribution is 9.10. The van der Waals surface area contributed by atoms with Crippen LogP contribution in [-0.2, 0) is 6.67 Å². The van der Waals surface area contributed by atoms with Gasteiger partial charge in [-0.05, 0) is 6.07 Å².